The number of halogens is 2. The van der Waals surface area contributed by atoms with E-state index in [2.05, 4.69) is 10.3 Å². The van der Waals surface area contributed by atoms with Crippen LogP contribution in [0.5, 0.6) is 0 Å². The van der Waals surface area contributed by atoms with E-state index in [1.165, 1.54) is 35.3 Å². The summed E-state index contributed by atoms with van der Waals surface area (Å²) in [5.41, 5.74) is 1.22. The highest BCUT2D eigenvalue weighted by molar-refractivity contribution is 7.14. The van der Waals surface area contributed by atoms with E-state index in [1.54, 1.807) is 29.6 Å². The Hall–Kier alpha value is -3.18. The third-order valence-corrected chi connectivity index (χ3v) is 5.26. The molecule has 0 aliphatic carbocycles. The van der Waals surface area contributed by atoms with E-state index in [1.807, 2.05) is 24.3 Å². The van der Waals surface area contributed by atoms with Crippen LogP contribution in [0, 0.1) is 11.3 Å². The number of hydrogen-bond donors (Lipinski definition) is 1. The summed E-state index contributed by atoms with van der Waals surface area (Å²) in [5.74, 6) is -0.843. The number of aromatic nitrogens is 1. The summed E-state index contributed by atoms with van der Waals surface area (Å²) < 4.78 is 0. The molecular weight excluding hydrogens is 443 g/mol. The van der Waals surface area contributed by atoms with Crippen molar-refractivity contribution in [1.82, 2.24) is 4.98 Å². The Labute approximate surface area is 187 Å². The molecule has 9 heteroatoms. The molecule has 0 radical (unpaired) electrons. The molecule has 2 aromatic carbocycles. The predicted molar refractivity (Wildman–Crippen MR) is 120 cm³/mol. The van der Waals surface area contributed by atoms with Crippen molar-refractivity contribution in [2.45, 2.75) is 6.92 Å². The summed E-state index contributed by atoms with van der Waals surface area (Å²) in [5, 5.41) is 14.8. The van der Waals surface area contributed by atoms with Crippen molar-refractivity contribution in [2.24, 2.45) is 0 Å². The molecule has 1 aromatic heterocycles. The van der Waals surface area contributed by atoms with Gasteiger partial charge in [0.05, 0.1) is 22.1 Å². The molecule has 0 saturated heterocycles. The number of rotatable bonds is 5. The van der Waals surface area contributed by atoms with Crippen molar-refractivity contribution in [1.29, 1.82) is 5.26 Å². The summed E-state index contributed by atoms with van der Waals surface area (Å²) in [6, 6.07) is 15.5. The molecule has 3 aromatic rings. The quantitative estimate of drug-likeness (QED) is 0.395. The number of para-hydroxylation sites is 1. The van der Waals surface area contributed by atoms with E-state index in [9.17, 15) is 14.9 Å². The van der Waals surface area contributed by atoms with Gasteiger partial charge < -0.3 is 5.32 Å². The van der Waals surface area contributed by atoms with Crippen LogP contribution in [0.2, 0.25) is 10.0 Å². The van der Waals surface area contributed by atoms with Gasteiger partial charge in [0.15, 0.2) is 5.13 Å². The molecule has 1 heterocycles. The van der Waals surface area contributed by atoms with E-state index in [-0.39, 0.29) is 16.5 Å². The van der Waals surface area contributed by atoms with Crippen molar-refractivity contribution < 1.29 is 9.59 Å². The molecule has 6 nitrogen and oxygen atoms in total. The lowest BCUT2D eigenvalue weighted by Crippen LogP contribution is -2.22. The summed E-state index contributed by atoms with van der Waals surface area (Å²) in [4.78, 5) is 30.5. The van der Waals surface area contributed by atoms with Crippen molar-refractivity contribution in [2.75, 3.05) is 10.2 Å². The third-order valence-electron chi connectivity index (χ3n) is 3.87. The molecule has 30 heavy (non-hydrogen) atoms. The molecule has 0 aliphatic heterocycles. The average molecular weight is 457 g/mol. The Balaban J connectivity index is 1.85. The van der Waals surface area contributed by atoms with Crippen molar-refractivity contribution in [3.8, 4) is 6.07 Å². The smallest absolute Gasteiger partial charge is 0.266 e. The number of carbonyl (C=O) groups is 2. The Bertz CT molecular complexity index is 1170. The van der Waals surface area contributed by atoms with Crippen molar-refractivity contribution >= 4 is 68.9 Å². The fourth-order valence-electron chi connectivity index (χ4n) is 2.53. The fraction of sp³-hybridized carbons (Fsp3) is 0.0476. The zero-order valence-corrected chi connectivity index (χ0v) is 17.9. The first-order chi connectivity index (χ1) is 14.4. The number of nitrogens with one attached hydrogen (secondary N) is 1. The highest BCUT2D eigenvalue weighted by Gasteiger charge is 2.18. The summed E-state index contributed by atoms with van der Waals surface area (Å²) in [6.07, 6.45) is 1.35. The highest BCUT2D eigenvalue weighted by Crippen LogP contribution is 2.30. The number of benzene rings is 2. The molecule has 0 fully saturated rings. The van der Waals surface area contributed by atoms with Gasteiger partial charge in [-0.1, -0.05) is 41.4 Å². The summed E-state index contributed by atoms with van der Waals surface area (Å²) in [6.45, 7) is 1.44. The van der Waals surface area contributed by atoms with Crippen LogP contribution in [0.15, 0.2) is 59.5 Å². The maximum Gasteiger partial charge on any atom is 0.266 e. The number of amides is 2. The van der Waals surface area contributed by atoms with Crippen LogP contribution in [0.25, 0.3) is 6.08 Å². The van der Waals surface area contributed by atoms with Gasteiger partial charge in [0, 0.05) is 17.3 Å². The number of anilines is 3. The molecule has 0 spiro atoms. The number of carbonyl (C=O) groups excluding carboxylic acids is 2. The Morgan fingerprint density at radius 1 is 1.20 bits per heavy atom. The number of nitrogens with zero attached hydrogens (tertiary/aromatic N) is 3. The highest BCUT2D eigenvalue weighted by atomic mass is 35.5. The average Bonchev–Trinajstić information content (AvgIpc) is 3.16. The van der Waals surface area contributed by atoms with E-state index in [4.69, 9.17) is 23.2 Å². The van der Waals surface area contributed by atoms with Crippen LogP contribution in [0.3, 0.4) is 0 Å². The minimum Gasteiger partial charge on any atom is -0.320 e. The topological polar surface area (TPSA) is 86.1 Å². The first-order valence-electron chi connectivity index (χ1n) is 8.58. The second kappa shape index (κ2) is 9.55. The predicted octanol–water partition coefficient (Wildman–Crippen LogP) is 5.68. The van der Waals surface area contributed by atoms with E-state index in [0.717, 1.165) is 0 Å². The van der Waals surface area contributed by atoms with Crippen LogP contribution in [0.1, 0.15) is 12.6 Å². The maximum absolute atomic E-state index is 12.5. The van der Waals surface area contributed by atoms with Crippen molar-refractivity contribution in [3.63, 3.8) is 0 Å². The lowest BCUT2D eigenvalue weighted by Gasteiger charge is -2.17. The summed E-state index contributed by atoms with van der Waals surface area (Å²) >= 11 is 13.1. The molecule has 0 unspecified atom stereocenters. The molecule has 0 aliphatic rings. The number of hydrogen-bond acceptors (Lipinski definition) is 5. The van der Waals surface area contributed by atoms with Gasteiger partial charge in [-0.3, -0.25) is 14.5 Å². The lowest BCUT2D eigenvalue weighted by atomic mass is 10.2. The largest absolute Gasteiger partial charge is 0.320 e. The van der Waals surface area contributed by atoms with Crippen molar-refractivity contribution in [3.05, 3.63) is 75.2 Å². The molecule has 0 bridgehead atoms. The number of nitriles is 1. The zero-order chi connectivity index (χ0) is 21.7. The van der Waals surface area contributed by atoms with Gasteiger partial charge in [-0.25, -0.2) is 4.98 Å². The van der Waals surface area contributed by atoms with Gasteiger partial charge in [-0.05, 0) is 36.4 Å². The van der Waals surface area contributed by atoms with Crippen LogP contribution in [-0.2, 0) is 9.59 Å². The first-order valence-corrected chi connectivity index (χ1v) is 10.2. The molecule has 0 saturated carbocycles. The van der Waals surface area contributed by atoms with Crippen LogP contribution in [0.4, 0.5) is 16.5 Å². The van der Waals surface area contributed by atoms with E-state index < -0.39 is 5.91 Å². The van der Waals surface area contributed by atoms with Gasteiger partial charge in [-0.2, -0.15) is 5.26 Å². The molecular formula is C21H14Cl2N4O2S. The van der Waals surface area contributed by atoms with Gasteiger partial charge in [-0.15, -0.1) is 11.3 Å². The van der Waals surface area contributed by atoms with E-state index in [0.29, 0.717) is 27.2 Å². The second-order valence-electron chi connectivity index (χ2n) is 5.99. The molecule has 0 atom stereocenters. The van der Waals surface area contributed by atoms with Crippen LogP contribution >= 0.6 is 34.5 Å². The third kappa shape index (κ3) is 5.05. The monoisotopic (exact) mass is 456 g/mol. The minimum atomic E-state index is -0.636. The van der Waals surface area contributed by atoms with Crippen LogP contribution in [-0.4, -0.2) is 16.8 Å². The van der Waals surface area contributed by atoms with Crippen LogP contribution < -0.4 is 10.2 Å². The van der Waals surface area contributed by atoms with Gasteiger partial charge in [0.1, 0.15) is 11.6 Å². The number of thiazole rings is 1. The normalized spacial score (nSPS) is 10.9. The first kappa shape index (κ1) is 21.5. The Kier molecular flexibility index (Phi) is 6.85. The lowest BCUT2D eigenvalue weighted by molar-refractivity contribution is -0.116. The Morgan fingerprint density at radius 2 is 1.93 bits per heavy atom. The Morgan fingerprint density at radius 3 is 2.57 bits per heavy atom. The zero-order valence-electron chi connectivity index (χ0n) is 15.6. The fourth-order valence-corrected chi connectivity index (χ4v) is 3.83. The minimum absolute atomic E-state index is 0.160. The van der Waals surface area contributed by atoms with Gasteiger partial charge in [0.2, 0.25) is 5.91 Å². The molecule has 1 N–H and O–H groups in total. The van der Waals surface area contributed by atoms with Gasteiger partial charge in [0.25, 0.3) is 5.91 Å². The molecule has 2 amide bonds. The SMILES string of the molecule is CC(=O)N(c1ccccc1)c1nc(/C=C(\C#N)C(=O)Nc2ccc(Cl)cc2Cl)cs1. The standard InChI is InChI=1S/C21H14Cl2N4O2S/c1-13(28)27(17-5-3-2-4-6-17)21-25-16(12-30-21)9-14(11-24)20(29)26-19-8-7-15(22)10-18(19)23/h2-10,12H,1H3,(H,26,29)/b14-9+. The second-order valence-corrected chi connectivity index (χ2v) is 7.67. The van der Waals surface area contributed by atoms with Gasteiger partial charge >= 0.3 is 0 Å². The molecule has 150 valence electrons. The molecule has 3 rings (SSSR count). The maximum atomic E-state index is 12.5. The van der Waals surface area contributed by atoms with E-state index >= 15 is 0 Å². The summed E-state index contributed by atoms with van der Waals surface area (Å²) in [7, 11) is 0.